The van der Waals surface area contributed by atoms with E-state index in [0.717, 1.165) is 16.9 Å². The van der Waals surface area contributed by atoms with Gasteiger partial charge in [-0.3, -0.25) is 0 Å². The third-order valence-corrected chi connectivity index (χ3v) is 2.84. The van der Waals surface area contributed by atoms with Crippen molar-refractivity contribution in [2.45, 2.75) is 13.5 Å². The van der Waals surface area contributed by atoms with Crippen molar-refractivity contribution in [3.63, 3.8) is 0 Å². The average Bonchev–Trinajstić information content (AvgIpc) is 2.45. The summed E-state index contributed by atoms with van der Waals surface area (Å²) >= 11 is 0. The lowest BCUT2D eigenvalue weighted by atomic mass is 10.2. The summed E-state index contributed by atoms with van der Waals surface area (Å²) in [6, 6.07) is 15.3. The van der Waals surface area contributed by atoms with Crippen molar-refractivity contribution in [1.29, 1.82) is 0 Å². The highest BCUT2D eigenvalue weighted by molar-refractivity contribution is 5.33. The van der Waals surface area contributed by atoms with Crippen LogP contribution in [0.2, 0.25) is 0 Å². The fourth-order valence-electron chi connectivity index (χ4n) is 1.80. The minimum Gasteiger partial charge on any atom is -0.490 e. The predicted molar refractivity (Wildman–Crippen MR) is 74.5 cm³/mol. The Labute approximate surface area is 113 Å². The van der Waals surface area contributed by atoms with Crippen LogP contribution in [0.25, 0.3) is 0 Å². The van der Waals surface area contributed by atoms with Crippen molar-refractivity contribution >= 4 is 0 Å². The molecule has 19 heavy (non-hydrogen) atoms. The van der Waals surface area contributed by atoms with E-state index in [9.17, 15) is 5.11 Å². The van der Waals surface area contributed by atoms with Gasteiger partial charge in [0, 0.05) is 5.56 Å². The molecule has 0 bridgehead atoms. The summed E-state index contributed by atoms with van der Waals surface area (Å²) in [6.45, 7) is 2.92. The van der Waals surface area contributed by atoms with Gasteiger partial charge in [0.2, 0.25) is 0 Å². The first-order valence-corrected chi connectivity index (χ1v) is 6.31. The van der Waals surface area contributed by atoms with E-state index in [1.807, 2.05) is 55.5 Å². The molecule has 2 aromatic rings. The van der Waals surface area contributed by atoms with Crippen LogP contribution in [0.5, 0.6) is 11.5 Å². The molecule has 3 heteroatoms. The molecule has 0 spiro atoms. The molecule has 0 fully saturated rings. The van der Waals surface area contributed by atoms with E-state index in [-0.39, 0.29) is 6.61 Å². The Morgan fingerprint density at radius 3 is 2.11 bits per heavy atom. The quantitative estimate of drug-likeness (QED) is 0.810. The number of benzene rings is 2. The first-order chi connectivity index (χ1) is 9.31. The third kappa shape index (κ3) is 3.73. The lowest BCUT2D eigenvalue weighted by Crippen LogP contribution is -2.10. The Morgan fingerprint density at radius 2 is 1.42 bits per heavy atom. The van der Waals surface area contributed by atoms with Crippen molar-refractivity contribution in [3.05, 3.63) is 59.7 Å². The average molecular weight is 258 g/mol. The van der Waals surface area contributed by atoms with E-state index in [1.54, 1.807) is 0 Å². The number of hydrogen-bond donors (Lipinski definition) is 1. The lowest BCUT2D eigenvalue weighted by Gasteiger charge is -2.11. The van der Waals surface area contributed by atoms with Gasteiger partial charge < -0.3 is 14.6 Å². The normalized spacial score (nSPS) is 10.2. The van der Waals surface area contributed by atoms with Crippen LogP contribution in [0.1, 0.15) is 11.1 Å². The van der Waals surface area contributed by atoms with Gasteiger partial charge in [-0.05, 0) is 24.6 Å². The second-order valence-corrected chi connectivity index (χ2v) is 4.23. The van der Waals surface area contributed by atoms with Crippen LogP contribution in [0.4, 0.5) is 0 Å². The smallest absolute Gasteiger partial charge is 0.124 e. The summed E-state index contributed by atoms with van der Waals surface area (Å²) in [5.74, 6) is 1.58. The van der Waals surface area contributed by atoms with Crippen molar-refractivity contribution in [1.82, 2.24) is 0 Å². The van der Waals surface area contributed by atoms with E-state index in [2.05, 4.69) is 0 Å². The Morgan fingerprint density at radius 1 is 0.842 bits per heavy atom. The minimum absolute atomic E-state index is 0.0190. The molecule has 0 heterocycles. The van der Waals surface area contributed by atoms with Crippen LogP contribution in [-0.2, 0) is 6.61 Å². The lowest BCUT2D eigenvalue weighted by molar-refractivity contribution is 0.209. The van der Waals surface area contributed by atoms with Crippen LogP contribution < -0.4 is 9.47 Å². The maximum atomic E-state index is 9.18. The molecular weight excluding hydrogens is 240 g/mol. The van der Waals surface area contributed by atoms with Gasteiger partial charge in [-0.2, -0.15) is 0 Å². The molecule has 2 aromatic carbocycles. The van der Waals surface area contributed by atoms with Crippen LogP contribution >= 0.6 is 0 Å². The fraction of sp³-hybridized carbons (Fsp3) is 0.250. The fourth-order valence-corrected chi connectivity index (χ4v) is 1.80. The second-order valence-electron chi connectivity index (χ2n) is 4.23. The topological polar surface area (TPSA) is 38.7 Å². The molecular formula is C16H18O3. The molecule has 0 aliphatic rings. The van der Waals surface area contributed by atoms with Crippen LogP contribution in [0, 0.1) is 6.92 Å². The molecule has 100 valence electrons. The molecule has 0 atom stereocenters. The van der Waals surface area contributed by atoms with Crippen molar-refractivity contribution in [3.8, 4) is 11.5 Å². The SMILES string of the molecule is Cc1ccccc1OCCOc1ccccc1CO. The Balaban J connectivity index is 1.83. The molecule has 1 N–H and O–H groups in total. The Kier molecular flexibility index (Phi) is 4.81. The standard InChI is InChI=1S/C16H18O3/c1-13-6-2-4-8-15(13)18-10-11-19-16-9-5-3-7-14(16)12-17/h2-9,17H,10-12H2,1H3. The number of aliphatic hydroxyl groups is 1. The summed E-state index contributed by atoms with van der Waals surface area (Å²) in [5.41, 5.74) is 1.90. The van der Waals surface area contributed by atoms with Gasteiger partial charge in [0.25, 0.3) is 0 Å². The van der Waals surface area contributed by atoms with Crippen molar-refractivity contribution in [2.24, 2.45) is 0 Å². The maximum Gasteiger partial charge on any atom is 0.124 e. The van der Waals surface area contributed by atoms with Gasteiger partial charge in [0.05, 0.1) is 6.61 Å². The highest BCUT2D eigenvalue weighted by atomic mass is 16.5. The molecule has 0 unspecified atom stereocenters. The first kappa shape index (κ1) is 13.4. The maximum absolute atomic E-state index is 9.18. The zero-order chi connectivity index (χ0) is 13.5. The molecule has 0 aliphatic heterocycles. The molecule has 0 aliphatic carbocycles. The molecule has 0 aromatic heterocycles. The molecule has 0 amide bonds. The summed E-state index contributed by atoms with van der Waals surface area (Å²) < 4.78 is 11.2. The summed E-state index contributed by atoms with van der Waals surface area (Å²) in [4.78, 5) is 0. The summed E-state index contributed by atoms with van der Waals surface area (Å²) in [6.07, 6.45) is 0. The molecule has 0 saturated carbocycles. The summed E-state index contributed by atoms with van der Waals surface area (Å²) in [5, 5.41) is 9.18. The van der Waals surface area contributed by atoms with E-state index < -0.39 is 0 Å². The van der Waals surface area contributed by atoms with Crippen LogP contribution in [-0.4, -0.2) is 18.3 Å². The minimum atomic E-state index is -0.0190. The zero-order valence-electron chi connectivity index (χ0n) is 11.0. The number of rotatable bonds is 6. The third-order valence-electron chi connectivity index (χ3n) is 2.84. The number of hydrogen-bond acceptors (Lipinski definition) is 3. The van der Waals surface area contributed by atoms with Crippen molar-refractivity contribution < 1.29 is 14.6 Å². The van der Waals surface area contributed by atoms with Crippen LogP contribution in [0.3, 0.4) is 0 Å². The van der Waals surface area contributed by atoms with Gasteiger partial charge in [-0.25, -0.2) is 0 Å². The molecule has 3 nitrogen and oxygen atoms in total. The van der Waals surface area contributed by atoms with Crippen LogP contribution in [0.15, 0.2) is 48.5 Å². The van der Waals surface area contributed by atoms with E-state index in [0.29, 0.717) is 19.0 Å². The highest BCUT2D eigenvalue weighted by Gasteiger charge is 2.02. The number of para-hydroxylation sites is 2. The zero-order valence-corrected chi connectivity index (χ0v) is 11.0. The molecule has 0 saturated heterocycles. The summed E-state index contributed by atoms with van der Waals surface area (Å²) in [7, 11) is 0. The number of aliphatic hydroxyl groups excluding tert-OH is 1. The van der Waals surface area contributed by atoms with E-state index in [4.69, 9.17) is 9.47 Å². The second kappa shape index (κ2) is 6.81. The van der Waals surface area contributed by atoms with Gasteiger partial charge in [0.1, 0.15) is 24.7 Å². The Hall–Kier alpha value is -2.00. The van der Waals surface area contributed by atoms with Gasteiger partial charge in [-0.1, -0.05) is 36.4 Å². The monoisotopic (exact) mass is 258 g/mol. The van der Waals surface area contributed by atoms with Gasteiger partial charge in [0.15, 0.2) is 0 Å². The number of ether oxygens (including phenoxy) is 2. The highest BCUT2D eigenvalue weighted by Crippen LogP contribution is 2.18. The van der Waals surface area contributed by atoms with Gasteiger partial charge in [-0.15, -0.1) is 0 Å². The largest absolute Gasteiger partial charge is 0.490 e. The van der Waals surface area contributed by atoms with Gasteiger partial charge >= 0.3 is 0 Å². The Bertz CT molecular complexity index is 523. The first-order valence-electron chi connectivity index (χ1n) is 6.31. The van der Waals surface area contributed by atoms with E-state index in [1.165, 1.54) is 0 Å². The van der Waals surface area contributed by atoms with E-state index >= 15 is 0 Å². The molecule has 0 radical (unpaired) electrons. The van der Waals surface area contributed by atoms with Crippen molar-refractivity contribution in [2.75, 3.05) is 13.2 Å². The molecule has 2 rings (SSSR count). The number of aryl methyl sites for hydroxylation is 1. The predicted octanol–water partition coefficient (Wildman–Crippen LogP) is 2.95.